The number of carbonyl (C=O) groups excluding carboxylic acids is 1. The van der Waals surface area contributed by atoms with Crippen LogP contribution in [0.3, 0.4) is 0 Å². The Balaban J connectivity index is 1.99. The Kier molecular flexibility index (Phi) is 5.61. The van der Waals surface area contributed by atoms with Gasteiger partial charge in [0, 0.05) is 35.6 Å². The second-order valence-electron chi connectivity index (χ2n) is 5.54. The van der Waals surface area contributed by atoms with Gasteiger partial charge in [0.25, 0.3) is 5.91 Å². The predicted octanol–water partition coefficient (Wildman–Crippen LogP) is 1.55. The van der Waals surface area contributed by atoms with Crippen molar-refractivity contribution in [3.8, 4) is 5.75 Å². The molecule has 1 aromatic rings. The molecule has 1 fully saturated rings. The van der Waals surface area contributed by atoms with E-state index in [1.807, 2.05) is 19.9 Å². The van der Waals surface area contributed by atoms with Crippen LogP contribution in [0.1, 0.15) is 24.2 Å². The van der Waals surface area contributed by atoms with Crippen molar-refractivity contribution in [1.29, 1.82) is 0 Å². The zero-order valence-electron chi connectivity index (χ0n) is 12.2. The quantitative estimate of drug-likeness (QED) is 0.748. The first-order valence-electron chi connectivity index (χ1n) is 7.10. The minimum Gasteiger partial charge on any atom is -0.491 e. The van der Waals surface area contributed by atoms with Gasteiger partial charge in [-0.1, -0.05) is 15.9 Å². The van der Waals surface area contributed by atoms with Gasteiger partial charge in [-0.2, -0.15) is 0 Å². The number of benzene rings is 1. The molecule has 2 unspecified atom stereocenters. The fourth-order valence-corrected chi connectivity index (χ4v) is 2.76. The highest BCUT2D eigenvalue weighted by atomic mass is 79.9. The summed E-state index contributed by atoms with van der Waals surface area (Å²) in [6.07, 6.45) is -0.345. The fraction of sp³-hybridized carbons (Fsp3) is 0.533. The van der Waals surface area contributed by atoms with Crippen molar-refractivity contribution in [3.63, 3.8) is 0 Å². The zero-order chi connectivity index (χ0) is 15.4. The van der Waals surface area contributed by atoms with Gasteiger partial charge in [0.15, 0.2) is 0 Å². The van der Waals surface area contributed by atoms with Crippen molar-refractivity contribution >= 4 is 21.8 Å². The number of carbonyl (C=O) groups is 1. The lowest BCUT2D eigenvalue weighted by atomic mass is 10.1. The third-order valence-corrected chi connectivity index (χ3v) is 3.79. The monoisotopic (exact) mass is 356 g/mol. The van der Waals surface area contributed by atoms with Gasteiger partial charge in [0.1, 0.15) is 5.75 Å². The molecule has 3 N–H and O–H groups in total. The van der Waals surface area contributed by atoms with E-state index in [0.717, 1.165) is 11.0 Å². The van der Waals surface area contributed by atoms with Crippen molar-refractivity contribution in [2.45, 2.75) is 26.1 Å². The zero-order valence-corrected chi connectivity index (χ0v) is 13.8. The Bertz CT molecular complexity index is 508. The topological polar surface area (TPSA) is 70.6 Å². The molecule has 0 saturated carbocycles. The minimum absolute atomic E-state index is 0.0509. The van der Waals surface area contributed by atoms with Crippen molar-refractivity contribution in [2.24, 2.45) is 5.92 Å². The lowest BCUT2D eigenvalue weighted by Crippen LogP contribution is -2.34. The molecule has 1 aromatic carbocycles. The standard InChI is InChI=1S/C15H21BrN2O3/c1-9(2)21-13-4-10(3-12(16)5-13)15(20)18-7-11-6-17-8-14(11)19/h3-5,9,11,14,17,19H,6-8H2,1-2H3,(H,18,20). The second kappa shape index (κ2) is 7.24. The second-order valence-corrected chi connectivity index (χ2v) is 6.45. The van der Waals surface area contributed by atoms with Crippen LogP contribution in [0.15, 0.2) is 22.7 Å². The molecular formula is C15H21BrN2O3. The highest BCUT2D eigenvalue weighted by Gasteiger charge is 2.25. The summed E-state index contributed by atoms with van der Waals surface area (Å²) in [5.74, 6) is 0.559. The Labute approximate surface area is 133 Å². The third kappa shape index (κ3) is 4.69. The molecule has 0 radical (unpaired) electrons. The number of ether oxygens (including phenoxy) is 1. The summed E-state index contributed by atoms with van der Waals surface area (Å²) >= 11 is 3.39. The van der Waals surface area contributed by atoms with Crippen LogP contribution in [-0.4, -0.2) is 42.9 Å². The summed E-state index contributed by atoms with van der Waals surface area (Å²) < 4.78 is 6.42. The van der Waals surface area contributed by atoms with Gasteiger partial charge in [-0.05, 0) is 32.0 Å². The number of aliphatic hydroxyl groups is 1. The summed E-state index contributed by atoms with van der Waals surface area (Å²) in [5, 5.41) is 15.7. The van der Waals surface area contributed by atoms with Crippen LogP contribution >= 0.6 is 15.9 Å². The molecule has 1 heterocycles. The van der Waals surface area contributed by atoms with E-state index in [4.69, 9.17) is 4.74 Å². The number of amides is 1. The average Bonchev–Trinajstić information content (AvgIpc) is 2.80. The number of nitrogens with one attached hydrogen (secondary N) is 2. The molecule has 2 rings (SSSR count). The summed E-state index contributed by atoms with van der Waals surface area (Å²) in [6, 6.07) is 5.32. The van der Waals surface area contributed by atoms with E-state index >= 15 is 0 Å². The average molecular weight is 357 g/mol. The van der Waals surface area contributed by atoms with Gasteiger partial charge < -0.3 is 20.5 Å². The van der Waals surface area contributed by atoms with Crippen LogP contribution in [0.5, 0.6) is 5.75 Å². The van der Waals surface area contributed by atoms with Crippen molar-refractivity contribution < 1.29 is 14.6 Å². The van der Waals surface area contributed by atoms with Crippen LogP contribution in [0.4, 0.5) is 0 Å². The SMILES string of the molecule is CC(C)Oc1cc(Br)cc(C(=O)NCC2CNCC2O)c1. The van der Waals surface area contributed by atoms with Crippen LogP contribution in [0.2, 0.25) is 0 Å². The number of rotatable bonds is 5. The molecule has 0 spiro atoms. The van der Waals surface area contributed by atoms with Crippen molar-refractivity contribution in [3.05, 3.63) is 28.2 Å². The molecule has 116 valence electrons. The Morgan fingerprint density at radius 3 is 2.86 bits per heavy atom. The Morgan fingerprint density at radius 2 is 2.24 bits per heavy atom. The van der Waals surface area contributed by atoms with E-state index < -0.39 is 6.10 Å². The van der Waals surface area contributed by atoms with Crippen LogP contribution in [0, 0.1) is 5.92 Å². The van der Waals surface area contributed by atoms with E-state index in [1.54, 1.807) is 12.1 Å². The van der Waals surface area contributed by atoms with Gasteiger partial charge >= 0.3 is 0 Å². The first-order chi connectivity index (χ1) is 9.95. The summed E-state index contributed by atoms with van der Waals surface area (Å²) in [5.41, 5.74) is 0.542. The van der Waals surface area contributed by atoms with Gasteiger partial charge in [-0.3, -0.25) is 4.79 Å². The number of β-amino-alcohol motifs (C(OH)–C–C–N with tert-alkyl or cyclic N) is 1. The number of halogens is 1. The molecule has 21 heavy (non-hydrogen) atoms. The summed E-state index contributed by atoms with van der Waals surface area (Å²) in [6.45, 7) is 5.65. The molecule has 6 heteroatoms. The lowest BCUT2D eigenvalue weighted by molar-refractivity contribution is 0.0926. The number of hydrogen-bond donors (Lipinski definition) is 3. The Morgan fingerprint density at radius 1 is 1.48 bits per heavy atom. The third-order valence-electron chi connectivity index (χ3n) is 3.33. The maximum atomic E-state index is 12.2. The van der Waals surface area contributed by atoms with Crippen molar-refractivity contribution in [1.82, 2.24) is 10.6 Å². The van der Waals surface area contributed by atoms with Gasteiger partial charge in [-0.15, -0.1) is 0 Å². The van der Waals surface area contributed by atoms with Crippen LogP contribution in [-0.2, 0) is 0 Å². The van der Waals surface area contributed by atoms with Crippen molar-refractivity contribution in [2.75, 3.05) is 19.6 Å². The molecule has 1 aliphatic rings. The van der Waals surface area contributed by atoms with Gasteiger partial charge in [0.05, 0.1) is 12.2 Å². The van der Waals surface area contributed by atoms with Crippen LogP contribution < -0.4 is 15.4 Å². The molecule has 2 atom stereocenters. The molecule has 0 aliphatic carbocycles. The van der Waals surface area contributed by atoms with Gasteiger partial charge in [-0.25, -0.2) is 0 Å². The summed E-state index contributed by atoms with van der Waals surface area (Å²) in [7, 11) is 0. The molecule has 5 nitrogen and oxygen atoms in total. The minimum atomic E-state index is -0.396. The number of hydrogen-bond acceptors (Lipinski definition) is 4. The maximum absolute atomic E-state index is 12.2. The molecule has 0 aromatic heterocycles. The lowest BCUT2D eigenvalue weighted by Gasteiger charge is -2.15. The highest BCUT2D eigenvalue weighted by molar-refractivity contribution is 9.10. The molecule has 1 amide bonds. The molecular weight excluding hydrogens is 336 g/mol. The Hall–Kier alpha value is -1.11. The number of aliphatic hydroxyl groups excluding tert-OH is 1. The van der Waals surface area contributed by atoms with E-state index in [1.165, 1.54) is 0 Å². The highest BCUT2D eigenvalue weighted by Crippen LogP contribution is 2.22. The van der Waals surface area contributed by atoms with Crippen LogP contribution in [0.25, 0.3) is 0 Å². The van der Waals surface area contributed by atoms with E-state index in [-0.39, 0.29) is 17.9 Å². The van der Waals surface area contributed by atoms with Gasteiger partial charge in [0.2, 0.25) is 0 Å². The maximum Gasteiger partial charge on any atom is 0.251 e. The first kappa shape index (κ1) is 16.3. The molecule has 1 saturated heterocycles. The van der Waals surface area contributed by atoms with E-state index in [0.29, 0.717) is 24.4 Å². The predicted molar refractivity (Wildman–Crippen MR) is 84.6 cm³/mol. The summed E-state index contributed by atoms with van der Waals surface area (Å²) in [4.78, 5) is 12.2. The molecule has 0 bridgehead atoms. The molecule has 1 aliphatic heterocycles. The van der Waals surface area contributed by atoms with E-state index in [9.17, 15) is 9.90 Å². The smallest absolute Gasteiger partial charge is 0.251 e. The van der Waals surface area contributed by atoms with E-state index in [2.05, 4.69) is 26.6 Å². The largest absolute Gasteiger partial charge is 0.491 e. The fourth-order valence-electron chi connectivity index (χ4n) is 2.29. The normalized spacial score (nSPS) is 21.6. The first-order valence-corrected chi connectivity index (χ1v) is 7.89.